The Morgan fingerprint density at radius 2 is 1.48 bits per heavy atom. The van der Waals surface area contributed by atoms with E-state index in [9.17, 15) is 9.59 Å². The van der Waals surface area contributed by atoms with Gasteiger partial charge in [-0.3, -0.25) is 0 Å². The van der Waals surface area contributed by atoms with Crippen molar-refractivity contribution in [1.82, 2.24) is 4.57 Å². The van der Waals surface area contributed by atoms with Gasteiger partial charge in [0.2, 0.25) is 0 Å². The van der Waals surface area contributed by atoms with E-state index in [-0.39, 0.29) is 0 Å². The molecule has 40 heavy (non-hydrogen) atoms. The standard InChI is InChI=1S/C32H38N2O6/c1-19-32(24-17-21(38-9)11-13-27(24)33(19)28(35)39-30(2,3)4)15-14-26-23(18-32)22-16-20(37-8)10-12-25(22)34(26)29(36)40-31(5,6)7/h10-13,16-17H,1,14-15,18H2,2-9H3. The second-order valence-electron chi connectivity index (χ2n) is 12.5. The Bertz CT molecular complexity index is 1540. The maximum Gasteiger partial charge on any atom is 0.419 e. The first-order valence-electron chi connectivity index (χ1n) is 13.5. The van der Waals surface area contributed by atoms with Gasteiger partial charge in [-0.2, -0.15) is 0 Å². The largest absolute Gasteiger partial charge is 0.497 e. The molecule has 1 atom stereocenters. The van der Waals surface area contributed by atoms with E-state index in [0.29, 0.717) is 36.5 Å². The molecule has 0 saturated carbocycles. The van der Waals surface area contributed by atoms with Crippen LogP contribution in [0.2, 0.25) is 0 Å². The van der Waals surface area contributed by atoms with Gasteiger partial charge in [0.1, 0.15) is 22.7 Å². The van der Waals surface area contributed by atoms with Crippen LogP contribution in [-0.4, -0.2) is 42.2 Å². The number of hydrogen-bond donors (Lipinski definition) is 0. The molecule has 3 aromatic rings. The van der Waals surface area contributed by atoms with E-state index in [1.807, 2.05) is 77.9 Å². The van der Waals surface area contributed by atoms with Crippen molar-refractivity contribution in [1.29, 1.82) is 0 Å². The zero-order chi connectivity index (χ0) is 29.2. The number of allylic oxidation sites excluding steroid dienone is 1. The summed E-state index contributed by atoms with van der Waals surface area (Å²) in [5.41, 5.74) is 3.08. The lowest BCUT2D eigenvalue weighted by molar-refractivity contribution is 0.0537. The van der Waals surface area contributed by atoms with Crippen molar-refractivity contribution in [3.63, 3.8) is 0 Å². The molecule has 2 aliphatic rings. The Kier molecular flexibility index (Phi) is 6.44. The Morgan fingerprint density at radius 3 is 2.10 bits per heavy atom. The summed E-state index contributed by atoms with van der Waals surface area (Å²) in [4.78, 5) is 28.6. The van der Waals surface area contributed by atoms with Crippen LogP contribution in [0.25, 0.3) is 10.9 Å². The van der Waals surface area contributed by atoms with E-state index in [0.717, 1.165) is 33.4 Å². The number of methoxy groups -OCH3 is 2. The Labute approximate surface area is 235 Å². The SMILES string of the molecule is C=C1N(C(=O)OC(C)(C)C)c2ccc(OC)cc2C12CCc1c(c3cc(OC)ccc3n1C(=O)OC(C)(C)C)C2. The lowest BCUT2D eigenvalue weighted by atomic mass is 9.68. The molecule has 0 N–H and O–H groups in total. The first-order chi connectivity index (χ1) is 18.7. The molecule has 1 unspecified atom stereocenters. The summed E-state index contributed by atoms with van der Waals surface area (Å²) in [6, 6.07) is 11.4. The van der Waals surface area contributed by atoms with Crippen LogP contribution in [0.1, 0.15) is 64.8 Å². The molecule has 8 heteroatoms. The Morgan fingerprint density at radius 1 is 0.875 bits per heavy atom. The molecule has 2 heterocycles. The number of carbonyl (C=O) groups excluding carboxylic acids is 2. The van der Waals surface area contributed by atoms with Crippen molar-refractivity contribution < 1.29 is 28.5 Å². The van der Waals surface area contributed by atoms with Crippen molar-refractivity contribution in [3.8, 4) is 11.5 Å². The molecule has 8 nitrogen and oxygen atoms in total. The van der Waals surface area contributed by atoms with Crippen LogP contribution < -0.4 is 14.4 Å². The van der Waals surface area contributed by atoms with Gasteiger partial charge in [0.15, 0.2) is 0 Å². The minimum Gasteiger partial charge on any atom is -0.497 e. The number of benzene rings is 2. The molecule has 1 amide bonds. The zero-order valence-electron chi connectivity index (χ0n) is 24.6. The quantitative estimate of drug-likeness (QED) is 0.340. The molecule has 1 aliphatic heterocycles. The van der Waals surface area contributed by atoms with Crippen LogP contribution in [0.3, 0.4) is 0 Å². The number of ether oxygens (including phenoxy) is 4. The summed E-state index contributed by atoms with van der Waals surface area (Å²) in [5, 5.41) is 0.909. The highest BCUT2D eigenvalue weighted by atomic mass is 16.6. The van der Waals surface area contributed by atoms with Gasteiger partial charge in [0, 0.05) is 22.2 Å². The van der Waals surface area contributed by atoms with Crippen LogP contribution in [-0.2, 0) is 27.7 Å². The number of aromatic nitrogens is 1. The summed E-state index contributed by atoms with van der Waals surface area (Å²) in [6.45, 7) is 15.6. The smallest absolute Gasteiger partial charge is 0.419 e. The second kappa shape index (κ2) is 9.32. The molecule has 0 bridgehead atoms. The van der Waals surface area contributed by atoms with Crippen molar-refractivity contribution in [2.24, 2.45) is 0 Å². The average Bonchev–Trinajstić information content (AvgIpc) is 3.30. The molecule has 5 rings (SSSR count). The number of hydrogen-bond acceptors (Lipinski definition) is 6. The molecular weight excluding hydrogens is 508 g/mol. The number of rotatable bonds is 2. The molecule has 2 aromatic carbocycles. The normalized spacial score (nSPS) is 18.5. The van der Waals surface area contributed by atoms with Gasteiger partial charge in [-0.1, -0.05) is 6.58 Å². The van der Waals surface area contributed by atoms with Crippen LogP contribution in [0.5, 0.6) is 11.5 Å². The van der Waals surface area contributed by atoms with Crippen LogP contribution >= 0.6 is 0 Å². The highest BCUT2D eigenvalue weighted by Gasteiger charge is 2.52. The fourth-order valence-corrected chi connectivity index (χ4v) is 5.94. The van der Waals surface area contributed by atoms with Gasteiger partial charge in [-0.15, -0.1) is 0 Å². The van der Waals surface area contributed by atoms with Crippen LogP contribution in [0, 0.1) is 0 Å². The molecule has 212 valence electrons. The summed E-state index contributed by atoms with van der Waals surface area (Å²) in [6.07, 6.45) is 0.852. The molecule has 0 fully saturated rings. The van der Waals surface area contributed by atoms with E-state index < -0.39 is 28.8 Å². The van der Waals surface area contributed by atoms with Gasteiger partial charge in [-0.05, 0) is 108 Å². The van der Waals surface area contributed by atoms with Crippen LogP contribution in [0.4, 0.5) is 15.3 Å². The third-order valence-electron chi connectivity index (χ3n) is 7.59. The van der Waals surface area contributed by atoms with E-state index in [1.165, 1.54) is 0 Å². The first kappa shape index (κ1) is 27.6. The van der Waals surface area contributed by atoms with Crippen molar-refractivity contribution >= 4 is 28.8 Å². The zero-order valence-corrected chi connectivity index (χ0v) is 24.6. The number of amides is 1. The maximum absolute atomic E-state index is 13.5. The highest BCUT2D eigenvalue weighted by molar-refractivity contribution is 5.98. The monoisotopic (exact) mass is 546 g/mol. The molecular formula is C32H38N2O6. The van der Waals surface area contributed by atoms with Gasteiger partial charge in [0.25, 0.3) is 0 Å². The summed E-state index contributed by atoms with van der Waals surface area (Å²) >= 11 is 0. The molecule has 1 aromatic heterocycles. The van der Waals surface area contributed by atoms with Crippen LogP contribution in [0.15, 0.2) is 48.7 Å². The number of nitrogens with zero attached hydrogens (tertiary/aromatic N) is 2. The van der Waals surface area contributed by atoms with E-state index in [1.54, 1.807) is 23.7 Å². The molecule has 0 radical (unpaired) electrons. The second-order valence-corrected chi connectivity index (χ2v) is 12.5. The fourth-order valence-electron chi connectivity index (χ4n) is 5.94. The van der Waals surface area contributed by atoms with Crippen molar-refractivity contribution in [2.45, 2.75) is 77.4 Å². The fraction of sp³-hybridized carbons (Fsp3) is 0.438. The number of fused-ring (bicyclic) bond motifs is 5. The summed E-state index contributed by atoms with van der Waals surface area (Å²) in [5.74, 6) is 1.39. The Balaban J connectivity index is 1.69. The third-order valence-corrected chi connectivity index (χ3v) is 7.59. The molecule has 1 aliphatic carbocycles. The van der Waals surface area contributed by atoms with Crippen molar-refractivity contribution in [3.05, 3.63) is 65.5 Å². The van der Waals surface area contributed by atoms with E-state index in [2.05, 4.69) is 6.58 Å². The topological polar surface area (TPSA) is 79.2 Å². The third kappa shape index (κ3) is 4.49. The van der Waals surface area contributed by atoms with Gasteiger partial charge >= 0.3 is 12.2 Å². The first-order valence-corrected chi connectivity index (χ1v) is 13.5. The minimum atomic E-state index is -0.670. The Hall–Kier alpha value is -3.94. The summed E-state index contributed by atoms with van der Waals surface area (Å²) in [7, 11) is 3.25. The average molecular weight is 547 g/mol. The number of carbonyl (C=O) groups is 2. The van der Waals surface area contributed by atoms with E-state index >= 15 is 0 Å². The lowest BCUT2D eigenvalue weighted by Gasteiger charge is -2.37. The highest BCUT2D eigenvalue weighted by Crippen LogP contribution is 2.56. The maximum atomic E-state index is 13.5. The predicted octanol–water partition coefficient (Wildman–Crippen LogP) is 7.14. The van der Waals surface area contributed by atoms with Gasteiger partial charge in [0.05, 0.1) is 25.4 Å². The van der Waals surface area contributed by atoms with Gasteiger partial charge in [-0.25, -0.2) is 19.1 Å². The summed E-state index contributed by atoms with van der Waals surface area (Å²) < 4.78 is 24.5. The minimum absolute atomic E-state index is 0.414. The number of anilines is 1. The van der Waals surface area contributed by atoms with E-state index in [4.69, 9.17) is 18.9 Å². The predicted molar refractivity (Wildman–Crippen MR) is 155 cm³/mol. The molecule has 0 saturated heterocycles. The lowest BCUT2D eigenvalue weighted by Crippen LogP contribution is -2.40. The van der Waals surface area contributed by atoms with Crippen molar-refractivity contribution in [2.75, 3.05) is 19.1 Å². The van der Waals surface area contributed by atoms with Gasteiger partial charge < -0.3 is 18.9 Å². The molecule has 1 spiro atoms.